The molecule has 0 bridgehead atoms. The van der Waals surface area contributed by atoms with Crippen LogP contribution in [0.3, 0.4) is 0 Å². The van der Waals surface area contributed by atoms with Crippen molar-refractivity contribution in [2.75, 3.05) is 36.0 Å². The van der Waals surface area contributed by atoms with E-state index in [0.29, 0.717) is 19.6 Å². The minimum atomic E-state index is -4.30. The van der Waals surface area contributed by atoms with Gasteiger partial charge in [0.15, 0.2) is 0 Å². The molecule has 5 rings (SSSR count). The minimum absolute atomic E-state index is 0.0228. The number of hydrogen-bond acceptors (Lipinski definition) is 7. The molecular weight excluding hydrogens is 707 g/mol. The zero-order chi connectivity index (χ0) is 38.3. The Labute approximate surface area is 315 Å². The molecule has 4 aromatic carbocycles. The van der Waals surface area contributed by atoms with Crippen LogP contribution in [0.4, 0.5) is 11.4 Å². The van der Waals surface area contributed by atoms with Gasteiger partial charge < -0.3 is 9.80 Å². The second-order valence-corrected chi connectivity index (χ2v) is 15.9. The molecule has 9 nitrogen and oxygen atoms in total. The van der Waals surface area contributed by atoms with Gasteiger partial charge in [0, 0.05) is 50.1 Å². The highest BCUT2D eigenvalue weighted by molar-refractivity contribution is 7.86. The summed E-state index contributed by atoms with van der Waals surface area (Å²) < 4.78 is 66.1. The number of allylic oxidation sites excluding steroid dienone is 3. The largest absolute Gasteiger partial charge is 0.372 e. The molecule has 0 heterocycles. The standard InChI is InChI=1S/C42H49N3O6S2/c1-6-43(7-2)38-24-25-41(31(5)26-38)42(34-16-20-36(21-17-34)44(8-3)29-32-12-10-14-39(27-32)52(46,47)48)35-18-22-37(23-19-35)45(9-4)30-33-13-11-15-40(28-33)53(49,50)51/h10-28,36H,6-9,29-30H2,1-5H3,(H,46,47,48)(H,49,50,51). The average Bonchev–Trinajstić information content (AvgIpc) is 3.14. The number of anilines is 2. The van der Waals surface area contributed by atoms with E-state index in [1.807, 2.05) is 19.1 Å². The Balaban J connectivity index is 1.49. The summed E-state index contributed by atoms with van der Waals surface area (Å²) in [7, 11) is -8.59. The summed E-state index contributed by atoms with van der Waals surface area (Å²) in [4.78, 5) is 6.48. The van der Waals surface area contributed by atoms with E-state index in [1.54, 1.807) is 12.1 Å². The summed E-state index contributed by atoms with van der Waals surface area (Å²) >= 11 is 0. The number of likely N-dealkylation sites (N-methyl/N-ethyl adjacent to an activating group) is 1. The summed E-state index contributed by atoms with van der Waals surface area (Å²) in [5.74, 6) is 0. The van der Waals surface area contributed by atoms with Gasteiger partial charge in [-0.3, -0.25) is 14.0 Å². The van der Waals surface area contributed by atoms with E-state index in [9.17, 15) is 25.9 Å². The minimum Gasteiger partial charge on any atom is -0.372 e. The third-order valence-corrected chi connectivity index (χ3v) is 11.4. The van der Waals surface area contributed by atoms with E-state index in [0.717, 1.165) is 64.3 Å². The topological polar surface area (TPSA) is 118 Å². The van der Waals surface area contributed by atoms with Crippen molar-refractivity contribution in [2.45, 2.75) is 63.5 Å². The van der Waals surface area contributed by atoms with Crippen LogP contribution in [0.15, 0.2) is 131 Å². The van der Waals surface area contributed by atoms with Gasteiger partial charge in [-0.05, 0) is 122 Å². The van der Waals surface area contributed by atoms with Gasteiger partial charge in [0.25, 0.3) is 20.2 Å². The maximum Gasteiger partial charge on any atom is 0.294 e. The quantitative estimate of drug-likeness (QED) is 0.116. The Morgan fingerprint density at radius 3 is 1.64 bits per heavy atom. The van der Waals surface area contributed by atoms with Crippen LogP contribution < -0.4 is 9.80 Å². The second-order valence-electron chi connectivity index (χ2n) is 13.1. The lowest BCUT2D eigenvalue weighted by Gasteiger charge is -2.29. The molecule has 0 spiro atoms. The van der Waals surface area contributed by atoms with Gasteiger partial charge in [-0.2, -0.15) is 16.8 Å². The van der Waals surface area contributed by atoms with Crippen LogP contribution in [0.5, 0.6) is 0 Å². The van der Waals surface area contributed by atoms with Crippen LogP contribution in [0.1, 0.15) is 55.5 Å². The summed E-state index contributed by atoms with van der Waals surface area (Å²) in [5, 5.41) is 0. The molecule has 0 aromatic heterocycles. The second kappa shape index (κ2) is 17.1. The van der Waals surface area contributed by atoms with E-state index in [-0.39, 0.29) is 15.8 Å². The fourth-order valence-electron chi connectivity index (χ4n) is 6.84. The average molecular weight is 756 g/mol. The lowest BCUT2D eigenvalue weighted by Crippen LogP contribution is -2.32. The number of aryl methyl sites for hydroxylation is 1. The summed E-state index contributed by atoms with van der Waals surface area (Å²) in [6, 6.07) is 27.8. The van der Waals surface area contributed by atoms with Gasteiger partial charge in [-0.15, -0.1) is 0 Å². The highest BCUT2D eigenvalue weighted by atomic mass is 32.2. The van der Waals surface area contributed by atoms with E-state index >= 15 is 0 Å². The fourth-order valence-corrected chi connectivity index (χ4v) is 7.94. The first-order chi connectivity index (χ1) is 25.2. The maximum atomic E-state index is 11.7. The summed E-state index contributed by atoms with van der Waals surface area (Å²) in [5.41, 5.74) is 9.23. The predicted molar refractivity (Wildman–Crippen MR) is 215 cm³/mol. The number of nitrogens with zero attached hydrogens (tertiary/aromatic N) is 3. The van der Waals surface area contributed by atoms with E-state index in [4.69, 9.17) is 0 Å². The zero-order valence-electron chi connectivity index (χ0n) is 31.0. The van der Waals surface area contributed by atoms with Gasteiger partial charge in [-0.1, -0.05) is 73.7 Å². The van der Waals surface area contributed by atoms with E-state index in [2.05, 4.69) is 109 Å². The fraction of sp³-hybridized carbons (Fsp3) is 0.286. The summed E-state index contributed by atoms with van der Waals surface area (Å²) in [6.45, 7) is 14.8. The molecule has 0 amide bonds. The van der Waals surface area contributed by atoms with Crippen molar-refractivity contribution in [1.29, 1.82) is 0 Å². The molecule has 0 fully saturated rings. The third kappa shape index (κ3) is 9.73. The van der Waals surface area contributed by atoms with Gasteiger partial charge in [0.05, 0.1) is 9.79 Å². The Bertz CT molecular complexity index is 2210. The van der Waals surface area contributed by atoms with Crippen LogP contribution >= 0.6 is 0 Å². The third-order valence-electron chi connectivity index (χ3n) is 9.72. The molecule has 1 aliphatic rings. The Hall–Kier alpha value is -4.52. The molecule has 4 aromatic rings. The van der Waals surface area contributed by atoms with Crippen LogP contribution in [0, 0.1) is 6.92 Å². The normalized spacial score (nSPS) is 14.5. The van der Waals surface area contributed by atoms with Gasteiger partial charge in [-0.25, -0.2) is 0 Å². The molecular formula is C42H49N3O6S2. The van der Waals surface area contributed by atoms with E-state index < -0.39 is 20.2 Å². The lowest BCUT2D eigenvalue weighted by molar-refractivity contribution is 0.263. The molecule has 0 unspecified atom stereocenters. The molecule has 0 saturated carbocycles. The molecule has 280 valence electrons. The molecule has 0 radical (unpaired) electrons. The molecule has 0 atom stereocenters. The number of benzene rings is 4. The highest BCUT2D eigenvalue weighted by Crippen LogP contribution is 2.35. The van der Waals surface area contributed by atoms with Crippen molar-refractivity contribution >= 4 is 37.2 Å². The molecule has 1 aliphatic carbocycles. The zero-order valence-corrected chi connectivity index (χ0v) is 32.6. The first kappa shape index (κ1) is 39.7. The Morgan fingerprint density at radius 2 is 1.15 bits per heavy atom. The van der Waals surface area contributed by atoms with Gasteiger partial charge in [0.1, 0.15) is 0 Å². The van der Waals surface area contributed by atoms with Crippen LogP contribution in [0.2, 0.25) is 0 Å². The highest BCUT2D eigenvalue weighted by Gasteiger charge is 2.20. The maximum absolute atomic E-state index is 11.7. The van der Waals surface area contributed by atoms with Gasteiger partial charge >= 0.3 is 0 Å². The van der Waals surface area contributed by atoms with Crippen LogP contribution in [0.25, 0.3) is 5.57 Å². The van der Waals surface area contributed by atoms with E-state index in [1.165, 1.54) is 30.0 Å². The number of hydrogen-bond donors (Lipinski definition) is 2. The SMILES string of the molecule is CCN(CC)c1ccc(C(=C2C=CC(N(CC)Cc3cccc(S(=O)(=O)O)c3)C=C2)c2ccc(N(CC)Cc3cccc(S(=O)(=O)O)c3)cc2)c(C)c1. The van der Waals surface area contributed by atoms with Crippen molar-refractivity contribution in [3.8, 4) is 0 Å². The van der Waals surface area contributed by atoms with Crippen LogP contribution in [-0.2, 0) is 33.3 Å². The number of rotatable bonds is 15. The molecule has 2 N–H and O–H groups in total. The van der Waals surface area contributed by atoms with Crippen molar-refractivity contribution in [2.24, 2.45) is 0 Å². The van der Waals surface area contributed by atoms with Crippen LogP contribution in [-0.4, -0.2) is 63.1 Å². The van der Waals surface area contributed by atoms with Gasteiger partial charge in [0.2, 0.25) is 0 Å². The van der Waals surface area contributed by atoms with Crippen molar-refractivity contribution in [1.82, 2.24) is 4.90 Å². The first-order valence-corrected chi connectivity index (χ1v) is 20.8. The molecule has 53 heavy (non-hydrogen) atoms. The molecule has 0 aliphatic heterocycles. The predicted octanol–water partition coefficient (Wildman–Crippen LogP) is 8.18. The van der Waals surface area contributed by atoms with Crippen molar-refractivity contribution in [3.05, 3.63) is 149 Å². The molecule has 0 saturated heterocycles. The Morgan fingerprint density at radius 1 is 0.623 bits per heavy atom. The lowest BCUT2D eigenvalue weighted by atomic mass is 9.87. The Kier molecular flexibility index (Phi) is 12.8. The monoisotopic (exact) mass is 755 g/mol. The molecule has 11 heteroatoms. The van der Waals surface area contributed by atoms with Crippen molar-refractivity contribution < 1.29 is 25.9 Å². The first-order valence-electron chi connectivity index (χ1n) is 17.9. The van der Waals surface area contributed by atoms with Crippen molar-refractivity contribution in [3.63, 3.8) is 0 Å². The smallest absolute Gasteiger partial charge is 0.294 e. The summed E-state index contributed by atoms with van der Waals surface area (Å²) in [6.07, 6.45) is 8.64.